The Morgan fingerprint density at radius 1 is 0.694 bits per heavy atom. The van der Waals surface area contributed by atoms with Gasteiger partial charge in [-0.25, -0.2) is 9.59 Å². The van der Waals surface area contributed by atoms with Crippen LogP contribution in [0.4, 0.5) is 21.0 Å². The molecule has 0 bridgehead atoms. The summed E-state index contributed by atoms with van der Waals surface area (Å²) in [5.74, 6) is 0. The van der Waals surface area contributed by atoms with Crippen molar-refractivity contribution in [2.45, 2.75) is 49.6 Å². The largest absolute Gasteiger partial charge is 0.336 e. The summed E-state index contributed by atoms with van der Waals surface area (Å²) >= 11 is 0. The number of anilines is 2. The Morgan fingerprint density at radius 3 is 1.31 bits per heavy atom. The monoisotopic (exact) mass is 540 g/mol. The third kappa shape index (κ3) is 8.64. The van der Waals surface area contributed by atoms with E-state index in [0.29, 0.717) is 0 Å². The molecule has 0 aromatic heterocycles. The van der Waals surface area contributed by atoms with Crippen molar-refractivity contribution in [3.05, 3.63) is 47.5 Å². The van der Waals surface area contributed by atoms with E-state index in [1.54, 1.807) is 27.7 Å². The van der Waals surface area contributed by atoms with Gasteiger partial charge in [0.1, 0.15) is 9.79 Å². The van der Waals surface area contributed by atoms with Crippen LogP contribution in [0.3, 0.4) is 0 Å². The third-order valence-electron chi connectivity index (χ3n) is 4.38. The van der Waals surface area contributed by atoms with Gasteiger partial charge in [-0.1, -0.05) is 24.3 Å². The van der Waals surface area contributed by atoms with Gasteiger partial charge < -0.3 is 21.3 Å². The van der Waals surface area contributed by atoms with E-state index in [2.05, 4.69) is 21.3 Å². The normalized spacial score (nSPS) is 12.1. The van der Waals surface area contributed by atoms with E-state index in [1.807, 2.05) is 0 Å². The number of hydrogen-bond donors (Lipinski definition) is 6. The minimum absolute atomic E-state index is 0.0212. The van der Waals surface area contributed by atoms with Crippen molar-refractivity contribution in [1.82, 2.24) is 10.6 Å². The second-order valence-electron chi connectivity index (χ2n) is 8.30. The van der Waals surface area contributed by atoms with E-state index in [1.165, 1.54) is 36.4 Å². The molecule has 0 aliphatic carbocycles. The van der Waals surface area contributed by atoms with Gasteiger partial charge >= 0.3 is 12.1 Å². The summed E-state index contributed by atoms with van der Waals surface area (Å²) < 4.78 is 67.1. The molecule has 0 heterocycles. The second-order valence-corrected chi connectivity index (χ2v) is 11.1. The van der Waals surface area contributed by atoms with Gasteiger partial charge in [-0.3, -0.25) is 9.11 Å². The van der Waals surface area contributed by atoms with Crippen LogP contribution in [-0.2, 0) is 20.2 Å². The summed E-state index contributed by atoms with van der Waals surface area (Å²) in [5.41, 5.74) is 0.137. The fourth-order valence-electron chi connectivity index (χ4n) is 2.98. The zero-order chi connectivity index (χ0) is 27.3. The maximum atomic E-state index is 11.9. The molecule has 0 aliphatic rings. The molecule has 196 valence electrons. The topological polar surface area (TPSA) is 191 Å². The minimum Gasteiger partial charge on any atom is -0.336 e. The fourth-order valence-corrected chi connectivity index (χ4v) is 4.40. The Labute approximate surface area is 209 Å². The molecule has 12 nitrogen and oxygen atoms in total. The van der Waals surface area contributed by atoms with Gasteiger partial charge in [0.15, 0.2) is 0 Å². The summed E-state index contributed by atoms with van der Waals surface area (Å²) in [6, 6.07) is 5.95. The molecule has 0 fully saturated rings. The molecular formula is C22H28N4O8S2. The average molecular weight is 541 g/mol. The van der Waals surface area contributed by atoms with Crippen LogP contribution in [-0.4, -0.2) is 50.1 Å². The summed E-state index contributed by atoms with van der Waals surface area (Å²) in [4.78, 5) is 22.7. The maximum absolute atomic E-state index is 11.9. The van der Waals surface area contributed by atoms with E-state index in [0.717, 1.165) is 12.1 Å². The number of nitrogens with one attached hydrogen (secondary N) is 4. The van der Waals surface area contributed by atoms with Crippen LogP contribution < -0.4 is 21.3 Å². The number of hydrogen-bond acceptors (Lipinski definition) is 6. The predicted molar refractivity (Wildman–Crippen MR) is 136 cm³/mol. The summed E-state index contributed by atoms with van der Waals surface area (Å²) in [5, 5.41) is 10.0. The Hall–Kier alpha value is -3.46. The lowest BCUT2D eigenvalue weighted by Crippen LogP contribution is -2.34. The third-order valence-corrected chi connectivity index (χ3v) is 6.20. The first kappa shape index (κ1) is 28.8. The van der Waals surface area contributed by atoms with Crippen molar-refractivity contribution in [2.75, 3.05) is 10.6 Å². The van der Waals surface area contributed by atoms with Gasteiger partial charge in [0.05, 0.1) is 0 Å². The van der Waals surface area contributed by atoms with Gasteiger partial charge in [-0.05, 0) is 63.1 Å². The molecule has 0 saturated heterocycles. The van der Waals surface area contributed by atoms with Gasteiger partial charge in [0.2, 0.25) is 0 Å². The number of benzene rings is 2. The zero-order valence-electron chi connectivity index (χ0n) is 19.9. The van der Waals surface area contributed by atoms with Crippen LogP contribution in [0, 0.1) is 0 Å². The average Bonchev–Trinajstić information content (AvgIpc) is 2.70. The maximum Gasteiger partial charge on any atom is 0.319 e. The molecule has 0 atom stereocenters. The number of urea groups is 2. The second kappa shape index (κ2) is 11.5. The van der Waals surface area contributed by atoms with E-state index < -0.39 is 42.1 Å². The van der Waals surface area contributed by atoms with Gasteiger partial charge in [-0.15, -0.1) is 0 Å². The highest BCUT2D eigenvalue weighted by Gasteiger charge is 2.18. The van der Waals surface area contributed by atoms with Crippen molar-refractivity contribution in [3.8, 4) is 0 Å². The van der Waals surface area contributed by atoms with Crippen molar-refractivity contribution in [1.29, 1.82) is 0 Å². The van der Waals surface area contributed by atoms with Crippen LogP contribution >= 0.6 is 0 Å². The van der Waals surface area contributed by atoms with Crippen LogP contribution in [0.5, 0.6) is 0 Å². The summed E-state index contributed by atoms with van der Waals surface area (Å²) in [7, 11) is -9.47. The van der Waals surface area contributed by atoms with Crippen LogP contribution in [0.15, 0.2) is 46.2 Å². The van der Waals surface area contributed by atoms with Gasteiger partial charge in [-0.2, -0.15) is 16.8 Å². The molecule has 14 heteroatoms. The molecule has 6 N–H and O–H groups in total. The van der Waals surface area contributed by atoms with E-state index in [-0.39, 0.29) is 34.6 Å². The molecule has 2 aromatic rings. The van der Waals surface area contributed by atoms with Crippen LogP contribution in [0.1, 0.15) is 38.8 Å². The lowest BCUT2D eigenvalue weighted by atomic mass is 10.1. The first-order chi connectivity index (χ1) is 16.6. The molecule has 0 radical (unpaired) electrons. The van der Waals surface area contributed by atoms with E-state index >= 15 is 0 Å². The standard InChI is InChI=1S/C22H28N4O8S2/c1-13(2)23-21(27)25-17-9-7-15(19(11-17)35(29,30)31)5-6-16-8-10-18(12-20(16)36(32,33)34)26-22(28)24-14(3)4/h5-14H,1-4H3,(H2,23,25,27)(H2,24,26,28)(H,29,30,31)(H,32,33,34)/b6-5+. The molecule has 0 unspecified atom stereocenters. The van der Waals surface area contributed by atoms with Crippen molar-refractivity contribution >= 4 is 55.8 Å². The molecule has 36 heavy (non-hydrogen) atoms. The van der Waals surface area contributed by atoms with Gasteiger partial charge in [0.25, 0.3) is 20.2 Å². The molecule has 0 saturated carbocycles. The fraction of sp³-hybridized carbons (Fsp3) is 0.273. The highest BCUT2D eigenvalue weighted by atomic mass is 32.2. The predicted octanol–water partition coefficient (Wildman–Crippen LogP) is 3.41. The number of amides is 4. The van der Waals surface area contributed by atoms with Crippen molar-refractivity contribution in [2.24, 2.45) is 0 Å². The first-order valence-corrected chi connectivity index (χ1v) is 13.5. The SMILES string of the molecule is CC(C)NC(=O)Nc1ccc(/C=C/c2ccc(NC(=O)NC(C)C)cc2S(=O)(=O)O)c(S(=O)(=O)O)c1. The lowest BCUT2D eigenvalue weighted by molar-refractivity contribution is 0.249. The zero-order valence-corrected chi connectivity index (χ0v) is 21.6. The Kier molecular flexibility index (Phi) is 9.21. The first-order valence-electron chi connectivity index (χ1n) is 10.6. The highest BCUT2D eigenvalue weighted by Crippen LogP contribution is 2.26. The highest BCUT2D eigenvalue weighted by molar-refractivity contribution is 7.86. The Balaban J connectivity index is 2.44. The van der Waals surface area contributed by atoms with Gasteiger partial charge in [0, 0.05) is 23.5 Å². The quantitative estimate of drug-likeness (QED) is 0.217. The van der Waals surface area contributed by atoms with Crippen molar-refractivity contribution in [3.63, 3.8) is 0 Å². The molecule has 2 aromatic carbocycles. The summed E-state index contributed by atoms with van der Waals surface area (Å²) in [6.07, 6.45) is 2.42. The van der Waals surface area contributed by atoms with Crippen LogP contribution in [0.2, 0.25) is 0 Å². The summed E-state index contributed by atoms with van der Waals surface area (Å²) in [6.45, 7) is 6.95. The Morgan fingerprint density at radius 2 is 1.03 bits per heavy atom. The number of carbonyl (C=O) groups excluding carboxylic acids is 2. The Bertz CT molecular complexity index is 1280. The molecule has 0 spiro atoms. The molecular weight excluding hydrogens is 512 g/mol. The lowest BCUT2D eigenvalue weighted by Gasteiger charge is -2.12. The number of rotatable bonds is 8. The van der Waals surface area contributed by atoms with Crippen molar-refractivity contribution < 1.29 is 35.5 Å². The van der Waals surface area contributed by atoms with Crippen LogP contribution in [0.25, 0.3) is 12.2 Å². The molecule has 0 aliphatic heterocycles. The minimum atomic E-state index is -4.73. The molecule has 2 rings (SSSR count). The van der Waals surface area contributed by atoms with E-state index in [4.69, 9.17) is 0 Å². The molecule has 4 amide bonds. The van der Waals surface area contributed by atoms with E-state index in [9.17, 15) is 35.5 Å². The number of carbonyl (C=O) groups is 2. The smallest absolute Gasteiger partial charge is 0.319 e.